The highest BCUT2D eigenvalue weighted by atomic mass is 32.2. The van der Waals surface area contributed by atoms with Gasteiger partial charge in [0.2, 0.25) is 0 Å². The summed E-state index contributed by atoms with van der Waals surface area (Å²) in [5.41, 5.74) is 19.1. The van der Waals surface area contributed by atoms with Gasteiger partial charge in [0.05, 0.1) is 32.6 Å². The van der Waals surface area contributed by atoms with Gasteiger partial charge in [-0.25, -0.2) is 0 Å². The van der Waals surface area contributed by atoms with Crippen LogP contribution in [0.3, 0.4) is 0 Å². The van der Waals surface area contributed by atoms with E-state index in [4.69, 9.17) is 17.2 Å². The Morgan fingerprint density at radius 1 is 0.652 bits per heavy atom. The first-order chi connectivity index (χ1) is 21.6. The van der Waals surface area contributed by atoms with E-state index >= 15 is 0 Å². The lowest BCUT2D eigenvalue weighted by Gasteiger charge is -2.10. The van der Waals surface area contributed by atoms with Crippen LogP contribution in [0.1, 0.15) is 0 Å². The molecule has 0 atom stereocenters. The van der Waals surface area contributed by atoms with Gasteiger partial charge in [0.1, 0.15) is 22.0 Å². The van der Waals surface area contributed by atoms with Crippen LogP contribution in [-0.4, -0.2) is 30.9 Å². The molecule has 5 aromatic carbocycles. The molecule has 0 saturated heterocycles. The molecule has 5 aromatic rings. The van der Waals surface area contributed by atoms with Crippen molar-refractivity contribution in [2.45, 2.75) is 9.79 Å². The van der Waals surface area contributed by atoms with E-state index in [1.165, 1.54) is 12.1 Å². The van der Waals surface area contributed by atoms with E-state index in [1.54, 1.807) is 48.5 Å². The molecule has 0 aromatic heterocycles. The highest BCUT2D eigenvalue weighted by Gasteiger charge is 2.21. The molecule has 16 nitrogen and oxygen atoms in total. The molecule has 0 fully saturated rings. The first-order valence-electron chi connectivity index (χ1n) is 12.8. The number of hydrogen-bond donors (Lipinski definition) is 5. The molecule has 5 rings (SSSR count). The smallest absolute Gasteiger partial charge is 0.296 e. The summed E-state index contributed by atoms with van der Waals surface area (Å²) in [5.74, 6) is 0. The van der Waals surface area contributed by atoms with Crippen LogP contribution < -0.4 is 17.2 Å². The number of nitro benzene ring substituents is 1. The third-order valence-electron chi connectivity index (χ3n) is 6.64. The maximum atomic E-state index is 12.0. The summed E-state index contributed by atoms with van der Waals surface area (Å²) in [5, 5.41) is 27.7. The van der Waals surface area contributed by atoms with Crippen molar-refractivity contribution in [2.75, 3.05) is 17.2 Å². The van der Waals surface area contributed by atoms with Crippen molar-refractivity contribution >= 4 is 76.5 Å². The number of azo groups is 2. The highest BCUT2D eigenvalue weighted by molar-refractivity contribution is 7.86. The molecule has 0 unspecified atom stereocenters. The second kappa shape index (κ2) is 11.9. The topological polar surface area (TPSA) is 279 Å². The van der Waals surface area contributed by atoms with Crippen LogP contribution in [0.5, 0.6) is 0 Å². The number of benzene rings is 5. The largest absolute Gasteiger partial charge is 0.397 e. The zero-order valence-electron chi connectivity index (χ0n) is 23.2. The van der Waals surface area contributed by atoms with Crippen LogP contribution >= 0.6 is 0 Å². The first-order valence-corrected chi connectivity index (χ1v) is 15.7. The average Bonchev–Trinajstić information content (AvgIpc) is 2.99. The van der Waals surface area contributed by atoms with Gasteiger partial charge >= 0.3 is 0 Å². The minimum atomic E-state index is -4.83. The summed E-state index contributed by atoms with van der Waals surface area (Å²) in [4.78, 5) is 9.29. The normalized spacial score (nSPS) is 12.3. The Morgan fingerprint density at radius 2 is 1.22 bits per heavy atom. The van der Waals surface area contributed by atoms with Crippen molar-refractivity contribution in [1.29, 1.82) is 0 Å². The van der Waals surface area contributed by atoms with Gasteiger partial charge in [-0.1, -0.05) is 30.3 Å². The van der Waals surface area contributed by atoms with Crippen LogP contribution in [0.15, 0.2) is 115 Å². The molecular weight excluding hydrogens is 640 g/mol. The molecule has 8 N–H and O–H groups in total. The molecule has 0 saturated carbocycles. The van der Waals surface area contributed by atoms with Crippen LogP contribution in [0.2, 0.25) is 0 Å². The first kappa shape index (κ1) is 31.6. The van der Waals surface area contributed by atoms with E-state index in [0.29, 0.717) is 11.4 Å². The molecule has 0 aliphatic rings. The van der Waals surface area contributed by atoms with Crippen molar-refractivity contribution in [1.82, 2.24) is 0 Å². The highest BCUT2D eigenvalue weighted by Crippen LogP contribution is 2.39. The van der Waals surface area contributed by atoms with Gasteiger partial charge in [-0.2, -0.15) is 27.1 Å². The molecule has 0 bridgehead atoms. The van der Waals surface area contributed by atoms with Gasteiger partial charge in [-0.15, -0.1) is 10.2 Å². The van der Waals surface area contributed by atoms with Crippen LogP contribution in [0.4, 0.5) is 45.5 Å². The van der Waals surface area contributed by atoms with Gasteiger partial charge in [-0.05, 0) is 65.0 Å². The Labute approximate surface area is 260 Å². The van der Waals surface area contributed by atoms with Crippen LogP contribution in [0.25, 0.3) is 21.9 Å². The van der Waals surface area contributed by atoms with E-state index in [9.17, 15) is 36.1 Å². The van der Waals surface area contributed by atoms with Crippen molar-refractivity contribution in [2.24, 2.45) is 20.5 Å². The Hall–Kier alpha value is -5.82. The molecule has 234 valence electrons. The lowest BCUT2D eigenvalue weighted by Crippen LogP contribution is -2.04. The summed E-state index contributed by atoms with van der Waals surface area (Å²) in [7, 11) is -9.44. The van der Waals surface area contributed by atoms with Crippen LogP contribution in [-0.2, 0) is 20.2 Å². The van der Waals surface area contributed by atoms with Crippen molar-refractivity contribution in [3.8, 4) is 11.1 Å². The lowest BCUT2D eigenvalue weighted by atomic mass is 10.1. The third kappa shape index (κ3) is 6.64. The summed E-state index contributed by atoms with van der Waals surface area (Å²) in [6.45, 7) is 0. The molecule has 0 radical (unpaired) electrons. The summed E-state index contributed by atoms with van der Waals surface area (Å²) in [6.07, 6.45) is 0. The van der Waals surface area contributed by atoms with Crippen LogP contribution in [0, 0.1) is 10.1 Å². The fraction of sp³-hybridized carbons (Fsp3) is 0. The number of nitro groups is 1. The fourth-order valence-electron chi connectivity index (χ4n) is 4.35. The lowest BCUT2D eigenvalue weighted by molar-refractivity contribution is -0.383. The zero-order valence-corrected chi connectivity index (χ0v) is 24.8. The van der Waals surface area contributed by atoms with Crippen molar-refractivity contribution in [3.63, 3.8) is 0 Å². The predicted octanol–water partition coefficient (Wildman–Crippen LogP) is 6.49. The van der Waals surface area contributed by atoms with E-state index in [1.807, 2.05) is 0 Å². The maximum absolute atomic E-state index is 12.0. The molecule has 0 spiro atoms. The van der Waals surface area contributed by atoms with Gasteiger partial charge in [0.25, 0.3) is 25.9 Å². The van der Waals surface area contributed by atoms with E-state index in [0.717, 1.165) is 35.4 Å². The minimum Gasteiger partial charge on any atom is -0.397 e. The zero-order chi connectivity index (χ0) is 33.4. The average molecular weight is 663 g/mol. The van der Waals surface area contributed by atoms with E-state index < -0.39 is 40.6 Å². The van der Waals surface area contributed by atoms with Crippen molar-refractivity contribution < 1.29 is 30.9 Å². The molecular formula is C28H22N8O8S2. The summed E-state index contributed by atoms with van der Waals surface area (Å²) in [6, 6.07) is 20.4. The van der Waals surface area contributed by atoms with Crippen molar-refractivity contribution in [3.05, 3.63) is 95.0 Å². The predicted molar refractivity (Wildman–Crippen MR) is 170 cm³/mol. The summed E-state index contributed by atoms with van der Waals surface area (Å²) >= 11 is 0. The number of fused-ring (bicyclic) bond motifs is 1. The quantitative estimate of drug-likeness (QED) is 0.0393. The Morgan fingerprint density at radius 3 is 1.74 bits per heavy atom. The molecule has 46 heavy (non-hydrogen) atoms. The number of anilines is 3. The second-order valence-corrected chi connectivity index (χ2v) is 12.5. The van der Waals surface area contributed by atoms with E-state index in [-0.39, 0.29) is 39.2 Å². The summed E-state index contributed by atoms with van der Waals surface area (Å²) < 4.78 is 66.1. The minimum absolute atomic E-state index is 0.0162. The number of nitrogen functional groups attached to an aromatic ring is 3. The molecule has 18 heteroatoms. The standard InChI is InChI=1S/C28H22N8O8S2/c29-22-13-23(30)25(36(37)38)14-24(22)34-32-18-5-1-15(2-6-18)16-3-7-19(8-4-16)33-35-28-21-10-9-20(45(39,40)41)11-17(21)12-26(27(28)31)46(42,43)44/h1-14H,29-31H2,(H,39,40,41)(H,42,43,44). The fourth-order valence-corrected chi connectivity index (χ4v) is 5.52. The number of nitrogens with zero attached hydrogens (tertiary/aromatic N) is 5. The maximum Gasteiger partial charge on any atom is 0.296 e. The van der Waals surface area contributed by atoms with Gasteiger partial charge in [0, 0.05) is 11.5 Å². The number of hydrogen-bond acceptors (Lipinski definition) is 13. The Balaban J connectivity index is 1.40. The van der Waals surface area contributed by atoms with Gasteiger partial charge in [-0.3, -0.25) is 19.2 Å². The number of nitrogens with two attached hydrogens (primary N) is 3. The molecule has 0 aliphatic carbocycles. The molecule has 0 amide bonds. The van der Waals surface area contributed by atoms with E-state index in [2.05, 4.69) is 20.5 Å². The molecule has 0 aliphatic heterocycles. The third-order valence-corrected chi connectivity index (χ3v) is 8.38. The Kier molecular flexibility index (Phi) is 8.20. The number of rotatable bonds is 8. The second-order valence-electron chi connectivity index (χ2n) is 9.69. The van der Waals surface area contributed by atoms with Gasteiger partial charge < -0.3 is 17.2 Å². The SMILES string of the molecule is Nc1cc(N)c([N+](=O)[O-])cc1N=Nc1ccc(-c2ccc(N=Nc3c(N)c(S(=O)(=O)O)cc4cc(S(=O)(=O)O)ccc34)cc2)cc1. The molecule has 0 heterocycles. The Bertz CT molecular complexity index is 2310. The monoisotopic (exact) mass is 662 g/mol. The van der Waals surface area contributed by atoms with Gasteiger partial charge in [0.15, 0.2) is 0 Å².